The Bertz CT molecular complexity index is 2640. The number of hydrogen-bond donors (Lipinski definition) is 0. The van der Waals surface area contributed by atoms with Crippen LogP contribution < -0.4 is 10.9 Å². The molecule has 7 aromatic rings. The van der Waals surface area contributed by atoms with E-state index in [1.807, 2.05) is 24.3 Å². The summed E-state index contributed by atoms with van der Waals surface area (Å²) in [6.07, 6.45) is 0. The molecule has 58 heavy (non-hydrogen) atoms. The quantitative estimate of drug-likeness (QED) is 0.167. The third-order valence-electron chi connectivity index (χ3n) is 12.2. The van der Waals surface area contributed by atoms with Crippen molar-refractivity contribution < 1.29 is 0 Å². The van der Waals surface area contributed by atoms with E-state index in [1.54, 1.807) is 0 Å². The van der Waals surface area contributed by atoms with Crippen LogP contribution in [-0.4, -0.2) is 9.13 Å². The van der Waals surface area contributed by atoms with Crippen molar-refractivity contribution in [1.29, 1.82) is 0 Å². The standard InChI is InChI=1S/C54H64N2O2/c1-31(2)33-17-19-41-45(21-33)55(39-25-35(51(5,6)7)23-36(26-39)52(8,9)10)47-29-44-48(30-43(47)49(41)57)56(46-22-34(32(3)4)18-20-42(46)50(44)58)40-27-37(53(11,12)13)24-38(28-40)54(14,15)16/h17-32H,1-16H3. The summed E-state index contributed by atoms with van der Waals surface area (Å²) in [4.78, 5) is 30.1. The minimum atomic E-state index is -0.120. The van der Waals surface area contributed by atoms with Crippen molar-refractivity contribution in [3.63, 3.8) is 0 Å². The second-order valence-corrected chi connectivity index (χ2v) is 21.6. The number of aromatic nitrogens is 2. The SMILES string of the molecule is CC(C)c1ccc2c(=O)c3cc4c(cc3n(-c3cc(C(C)(C)C)cc(C(C)(C)C)c3)c2c1)c(=O)c1ccc(C(C)C)cc1n4-c1cc(C(C)(C)C)cc(C(C)(C)C)c1. The Hall–Kier alpha value is -4.96. The smallest absolute Gasteiger partial charge is 0.197 e. The number of nitrogens with zero attached hydrogens (tertiary/aromatic N) is 2. The van der Waals surface area contributed by atoms with E-state index in [2.05, 4.69) is 181 Å². The summed E-state index contributed by atoms with van der Waals surface area (Å²) in [6, 6.07) is 30.4. The van der Waals surface area contributed by atoms with Gasteiger partial charge in [0.2, 0.25) is 0 Å². The minimum Gasteiger partial charge on any atom is -0.309 e. The molecule has 4 heteroatoms. The Morgan fingerprint density at radius 1 is 0.362 bits per heavy atom. The lowest BCUT2D eigenvalue weighted by Gasteiger charge is -2.28. The third kappa shape index (κ3) is 7.22. The molecule has 0 radical (unpaired) electrons. The van der Waals surface area contributed by atoms with Gasteiger partial charge in [-0.25, -0.2) is 0 Å². The molecule has 0 saturated carbocycles. The van der Waals surface area contributed by atoms with Crippen molar-refractivity contribution in [3.8, 4) is 11.4 Å². The second kappa shape index (κ2) is 13.8. The van der Waals surface area contributed by atoms with Crippen LogP contribution >= 0.6 is 0 Å². The topological polar surface area (TPSA) is 44.0 Å². The van der Waals surface area contributed by atoms with Gasteiger partial charge in [-0.2, -0.15) is 0 Å². The third-order valence-corrected chi connectivity index (χ3v) is 12.2. The summed E-state index contributed by atoms with van der Waals surface area (Å²) in [5, 5.41) is 2.50. The van der Waals surface area contributed by atoms with Crippen molar-refractivity contribution in [2.75, 3.05) is 0 Å². The maximum atomic E-state index is 15.1. The summed E-state index contributed by atoms with van der Waals surface area (Å²) in [7, 11) is 0. The first-order valence-electron chi connectivity index (χ1n) is 21.2. The van der Waals surface area contributed by atoms with Gasteiger partial charge in [-0.05, 0) is 128 Å². The molecule has 0 N–H and O–H groups in total. The van der Waals surface area contributed by atoms with E-state index in [4.69, 9.17) is 0 Å². The maximum absolute atomic E-state index is 15.1. The molecule has 0 fully saturated rings. The Balaban J connectivity index is 1.75. The summed E-state index contributed by atoms with van der Waals surface area (Å²) in [6.45, 7) is 35.8. The van der Waals surface area contributed by atoms with E-state index in [0.29, 0.717) is 21.5 Å². The van der Waals surface area contributed by atoms with Gasteiger partial charge in [0.1, 0.15) is 0 Å². The fraction of sp³-hybridized carbons (Fsp3) is 0.407. The Labute approximate surface area is 345 Å². The van der Waals surface area contributed by atoms with Gasteiger partial charge >= 0.3 is 0 Å². The van der Waals surface area contributed by atoms with E-state index in [9.17, 15) is 0 Å². The molecule has 7 rings (SSSR count). The molecular weight excluding hydrogens is 709 g/mol. The van der Waals surface area contributed by atoms with E-state index in [1.165, 1.54) is 22.3 Å². The number of rotatable bonds is 4. The zero-order valence-electron chi connectivity index (χ0n) is 37.9. The highest BCUT2D eigenvalue weighted by atomic mass is 16.1. The number of fused-ring (bicyclic) bond motifs is 4. The lowest BCUT2D eigenvalue weighted by Crippen LogP contribution is -2.19. The highest BCUT2D eigenvalue weighted by molar-refractivity contribution is 6.05. The summed E-state index contributed by atoms with van der Waals surface area (Å²) < 4.78 is 4.52. The Morgan fingerprint density at radius 2 is 0.638 bits per heavy atom. The fourth-order valence-electron chi connectivity index (χ4n) is 8.20. The summed E-state index contributed by atoms with van der Waals surface area (Å²) in [5.41, 5.74) is 11.8. The molecule has 5 aromatic carbocycles. The van der Waals surface area contributed by atoms with Crippen LogP contribution in [0.2, 0.25) is 0 Å². The second-order valence-electron chi connectivity index (χ2n) is 21.6. The average molecular weight is 773 g/mol. The van der Waals surface area contributed by atoms with Crippen molar-refractivity contribution in [1.82, 2.24) is 9.13 Å². The maximum Gasteiger partial charge on any atom is 0.197 e. The molecule has 0 spiro atoms. The van der Waals surface area contributed by atoms with Crippen molar-refractivity contribution in [2.45, 2.75) is 144 Å². The highest BCUT2D eigenvalue weighted by Gasteiger charge is 2.26. The molecule has 0 atom stereocenters. The molecule has 0 aliphatic carbocycles. The van der Waals surface area contributed by atoms with Gasteiger partial charge in [0.25, 0.3) is 0 Å². The Morgan fingerprint density at radius 3 is 0.897 bits per heavy atom. The lowest BCUT2D eigenvalue weighted by molar-refractivity contribution is 0.567. The monoisotopic (exact) mass is 772 g/mol. The molecule has 0 amide bonds. The first kappa shape index (κ1) is 41.2. The van der Waals surface area contributed by atoms with Gasteiger partial charge in [-0.15, -0.1) is 0 Å². The zero-order chi connectivity index (χ0) is 42.6. The largest absolute Gasteiger partial charge is 0.309 e. The number of hydrogen-bond acceptors (Lipinski definition) is 2. The molecule has 0 aliphatic heterocycles. The fourth-order valence-corrected chi connectivity index (χ4v) is 8.20. The van der Waals surface area contributed by atoms with Gasteiger partial charge in [-0.3, -0.25) is 9.59 Å². The number of pyridine rings is 2. The van der Waals surface area contributed by atoms with E-state index >= 15 is 9.59 Å². The molecule has 0 saturated heterocycles. The first-order chi connectivity index (χ1) is 26.8. The molecule has 2 aromatic heterocycles. The average Bonchev–Trinajstić information content (AvgIpc) is 3.12. The van der Waals surface area contributed by atoms with E-state index < -0.39 is 0 Å². The predicted molar refractivity (Wildman–Crippen MR) is 251 cm³/mol. The molecule has 4 nitrogen and oxygen atoms in total. The van der Waals surface area contributed by atoms with Crippen LogP contribution in [-0.2, 0) is 21.7 Å². The summed E-state index contributed by atoms with van der Waals surface area (Å²) >= 11 is 0. The van der Waals surface area contributed by atoms with E-state index in [-0.39, 0.29) is 44.4 Å². The van der Waals surface area contributed by atoms with Gasteiger partial charge in [0, 0.05) is 32.9 Å². The van der Waals surface area contributed by atoms with Crippen LogP contribution in [0.5, 0.6) is 0 Å². The van der Waals surface area contributed by atoms with Crippen molar-refractivity contribution >= 4 is 43.6 Å². The molecule has 0 aliphatic rings. The minimum absolute atomic E-state index is 0.0321. The zero-order valence-corrected chi connectivity index (χ0v) is 37.9. The molecule has 302 valence electrons. The van der Waals surface area contributed by atoms with Crippen LogP contribution in [0, 0.1) is 0 Å². The van der Waals surface area contributed by atoms with Gasteiger partial charge in [-0.1, -0.05) is 135 Å². The predicted octanol–water partition coefficient (Wildman–Crippen LogP) is 14.0. The molecule has 2 heterocycles. The van der Waals surface area contributed by atoms with Crippen LogP contribution in [0.25, 0.3) is 55.0 Å². The van der Waals surface area contributed by atoms with Crippen molar-refractivity contribution in [2.24, 2.45) is 0 Å². The van der Waals surface area contributed by atoms with Gasteiger partial charge in [0.15, 0.2) is 10.9 Å². The Kier molecular flexibility index (Phi) is 9.82. The lowest BCUT2D eigenvalue weighted by atomic mass is 9.80. The van der Waals surface area contributed by atoms with Gasteiger partial charge < -0.3 is 9.13 Å². The number of benzene rings is 5. The molecule has 0 bridgehead atoms. The van der Waals surface area contributed by atoms with E-state index in [0.717, 1.165) is 44.6 Å². The van der Waals surface area contributed by atoms with Crippen LogP contribution in [0.1, 0.15) is 156 Å². The summed E-state index contributed by atoms with van der Waals surface area (Å²) in [5.74, 6) is 0.532. The molecule has 0 unspecified atom stereocenters. The normalized spacial score (nSPS) is 13.3. The van der Waals surface area contributed by atoms with Crippen LogP contribution in [0.3, 0.4) is 0 Å². The van der Waals surface area contributed by atoms with Crippen LogP contribution in [0.15, 0.2) is 94.5 Å². The molecular formula is C54H64N2O2. The highest BCUT2D eigenvalue weighted by Crippen LogP contribution is 2.38. The first-order valence-corrected chi connectivity index (χ1v) is 21.2. The van der Waals surface area contributed by atoms with Crippen molar-refractivity contribution in [3.05, 3.63) is 139 Å². The van der Waals surface area contributed by atoms with Gasteiger partial charge in [0.05, 0.1) is 22.1 Å². The van der Waals surface area contributed by atoms with Crippen LogP contribution in [0.4, 0.5) is 0 Å².